The summed E-state index contributed by atoms with van der Waals surface area (Å²) in [6.45, 7) is 6.90. The lowest BCUT2D eigenvalue weighted by molar-refractivity contribution is -0.907. The number of piperazine rings is 1. The van der Waals surface area contributed by atoms with E-state index in [1.807, 2.05) is 24.3 Å². The Labute approximate surface area is 162 Å². The molecule has 1 saturated heterocycles. The number of quaternary nitrogens is 1. The van der Waals surface area contributed by atoms with Gasteiger partial charge in [-0.1, -0.05) is 15.9 Å². The Bertz CT molecular complexity index is 535. The molecule has 1 aromatic rings. The number of rotatable bonds is 9. The fourth-order valence-corrected chi connectivity index (χ4v) is 3.05. The molecule has 0 spiro atoms. The summed E-state index contributed by atoms with van der Waals surface area (Å²) in [7, 11) is 0. The topological polar surface area (TPSA) is 72.7 Å². The maximum Gasteiger partial charge on any atom is 0.410 e. The SMILES string of the molecule is CCOC(=O)N1CC[NH+](C[C@H](O)COCCOc2ccc(Br)cc2)CC1. The number of ether oxygens (including phenoxy) is 3. The molecule has 1 amide bonds. The summed E-state index contributed by atoms with van der Waals surface area (Å²) in [5.41, 5.74) is 0. The lowest BCUT2D eigenvalue weighted by Crippen LogP contribution is -3.15. The maximum absolute atomic E-state index is 11.7. The smallest absolute Gasteiger partial charge is 0.410 e. The Balaban J connectivity index is 1.53. The Morgan fingerprint density at radius 3 is 2.62 bits per heavy atom. The van der Waals surface area contributed by atoms with Crippen LogP contribution >= 0.6 is 15.9 Å². The number of carbonyl (C=O) groups is 1. The van der Waals surface area contributed by atoms with Gasteiger partial charge in [-0.25, -0.2) is 4.79 Å². The fourth-order valence-electron chi connectivity index (χ4n) is 2.79. The first-order chi connectivity index (χ1) is 12.6. The van der Waals surface area contributed by atoms with Gasteiger partial charge in [0.05, 0.1) is 46.0 Å². The fraction of sp³-hybridized carbons (Fsp3) is 0.611. The molecule has 2 N–H and O–H groups in total. The molecule has 1 atom stereocenters. The van der Waals surface area contributed by atoms with Crippen LogP contribution in [0.2, 0.25) is 0 Å². The van der Waals surface area contributed by atoms with E-state index in [9.17, 15) is 9.90 Å². The number of halogens is 1. The van der Waals surface area contributed by atoms with Crippen LogP contribution in [0.3, 0.4) is 0 Å². The number of hydrogen-bond acceptors (Lipinski definition) is 5. The quantitative estimate of drug-likeness (QED) is 0.559. The van der Waals surface area contributed by atoms with E-state index < -0.39 is 6.10 Å². The molecule has 7 nitrogen and oxygen atoms in total. The van der Waals surface area contributed by atoms with E-state index in [2.05, 4.69) is 15.9 Å². The molecule has 26 heavy (non-hydrogen) atoms. The van der Waals surface area contributed by atoms with Crippen LogP contribution in [0.4, 0.5) is 4.79 Å². The van der Waals surface area contributed by atoms with Crippen LogP contribution in [0.1, 0.15) is 6.92 Å². The van der Waals surface area contributed by atoms with Crippen LogP contribution in [0, 0.1) is 0 Å². The van der Waals surface area contributed by atoms with E-state index >= 15 is 0 Å². The largest absolute Gasteiger partial charge is 0.491 e. The van der Waals surface area contributed by atoms with Gasteiger partial charge in [0.15, 0.2) is 0 Å². The Morgan fingerprint density at radius 1 is 1.27 bits per heavy atom. The molecule has 8 heteroatoms. The summed E-state index contributed by atoms with van der Waals surface area (Å²) in [5.74, 6) is 0.793. The first-order valence-electron chi connectivity index (χ1n) is 8.98. The van der Waals surface area contributed by atoms with Crippen LogP contribution < -0.4 is 9.64 Å². The third-order valence-corrected chi connectivity index (χ3v) is 4.67. The van der Waals surface area contributed by atoms with Gasteiger partial charge in [-0.15, -0.1) is 0 Å². The molecule has 1 heterocycles. The molecular weight excluding hydrogens is 404 g/mol. The molecule has 0 bridgehead atoms. The Morgan fingerprint density at radius 2 is 1.96 bits per heavy atom. The molecule has 2 rings (SSSR count). The minimum atomic E-state index is -0.521. The maximum atomic E-state index is 11.7. The molecule has 0 aliphatic carbocycles. The van der Waals surface area contributed by atoms with Gasteiger partial charge in [0, 0.05) is 4.47 Å². The summed E-state index contributed by atoms with van der Waals surface area (Å²) in [6.07, 6.45) is -0.770. The van der Waals surface area contributed by atoms with Gasteiger partial charge in [0.1, 0.15) is 25.0 Å². The summed E-state index contributed by atoms with van der Waals surface area (Å²) in [4.78, 5) is 14.6. The molecule has 0 aromatic heterocycles. The van der Waals surface area contributed by atoms with Gasteiger partial charge in [-0.3, -0.25) is 4.90 Å². The predicted octanol–water partition coefficient (Wildman–Crippen LogP) is 0.562. The number of carbonyl (C=O) groups excluding carboxylic acids is 1. The zero-order chi connectivity index (χ0) is 18.8. The van der Waals surface area contributed by atoms with E-state index in [4.69, 9.17) is 14.2 Å². The number of amides is 1. The number of hydrogen-bond donors (Lipinski definition) is 2. The van der Waals surface area contributed by atoms with Crippen molar-refractivity contribution in [2.75, 3.05) is 59.2 Å². The molecular formula is C18H28BrN2O5+. The van der Waals surface area contributed by atoms with E-state index in [1.165, 1.54) is 4.90 Å². The third kappa shape index (κ3) is 7.49. The lowest BCUT2D eigenvalue weighted by Gasteiger charge is -2.32. The van der Waals surface area contributed by atoms with Crippen LogP contribution in [0.15, 0.2) is 28.7 Å². The number of nitrogens with zero attached hydrogens (tertiary/aromatic N) is 1. The van der Waals surface area contributed by atoms with Gasteiger partial charge >= 0.3 is 6.09 Å². The van der Waals surface area contributed by atoms with Crippen molar-refractivity contribution in [3.05, 3.63) is 28.7 Å². The van der Waals surface area contributed by atoms with Crippen LogP contribution in [0.5, 0.6) is 5.75 Å². The van der Waals surface area contributed by atoms with Crippen molar-refractivity contribution >= 4 is 22.0 Å². The van der Waals surface area contributed by atoms with Crippen molar-refractivity contribution in [2.45, 2.75) is 13.0 Å². The average Bonchev–Trinajstić information content (AvgIpc) is 2.64. The van der Waals surface area contributed by atoms with Crippen molar-refractivity contribution in [3.63, 3.8) is 0 Å². The summed E-state index contributed by atoms with van der Waals surface area (Å²) >= 11 is 3.38. The number of aliphatic hydroxyl groups is 1. The number of aliphatic hydroxyl groups excluding tert-OH is 1. The highest BCUT2D eigenvalue weighted by Gasteiger charge is 2.25. The van der Waals surface area contributed by atoms with Gasteiger partial charge in [-0.05, 0) is 31.2 Å². The molecule has 1 aliphatic heterocycles. The summed E-state index contributed by atoms with van der Waals surface area (Å²) < 4.78 is 17.1. The molecule has 146 valence electrons. The van der Waals surface area contributed by atoms with Gasteiger partial charge in [0.2, 0.25) is 0 Å². The van der Waals surface area contributed by atoms with Crippen LogP contribution in [-0.2, 0) is 9.47 Å². The first kappa shape index (κ1) is 21.0. The summed E-state index contributed by atoms with van der Waals surface area (Å²) in [5, 5.41) is 10.1. The standard InChI is InChI=1S/C18H27BrN2O5/c1-2-25-18(23)21-9-7-20(8-10-21)13-16(22)14-24-11-12-26-17-5-3-15(19)4-6-17/h3-6,16,22H,2,7-14H2,1H3/p+1/t16-/m0/s1. The van der Waals surface area contributed by atoms with Crippen molar-refractivity contribution in [3.8, 4) is 5.75 Å². The Hall–Kier alpha value is -1.35. The molecule has 0 radical (unpaired) electrons. The van der Waals surface area contributed by atoms with Gasteiger partial charge < -0.3 is 24.2 Å². The Kier molecular flexibility index (Phi) is 9.17. The van der Waals surface area contributed by atoms with Crippen LogP contribution in [0.25, 0.3) is 0 Å². The second-order valence-electron chi connectivity index (χ2n) is 6.17. The van der Waals surface area contributed by atoms with Crippen molar-refractivity contribution < 1.29 is 29.0 Å². The average molecular weight is 432 g/mol. The lowest BCUT2D eigenvalue weighted by atomic mass is 10.3. The minimum Gasteiger partial charge on any atom is -0.491 e. The van der Waals surface area contributed by atoms with Crippen LogP contribution in [-0.4, -0.2) is 81.4 Å². The predicted molar refractivity (Wildman–Crippen MR) is 101 cm³/mol. The molecule has 0 unspecified atom stereocenters. The van der Waals surface area contributed by atoms with Gasteiger partial charge in [0.25, 0.3) is 0 Å². The second kappa shape index (κ2) is 11.4. The monoisotopic (exact) mass is 431 g/mol. The van der Waals surface area contributed by atoms with E-state index in [0.29, 0.717) is 39.5 Å². The highest BCUT2D eigenvalue weighted by Crippen LogP contribution is 2.15. The van der Waals surface area contributed by atoms with Crippen molar-refractivity contribution in [2.24, 2.45) is 0 Å². The molecule has 1 aromatic carbocycles. The third-order valence-electron chi connectivity index (χ3n) is 4.14. The number of nitrogens with one attached hydrogen (secondary N) is 1. The van der Waals surface area contributed by atoms with Gasteiger partial charge in [-0.2, -0.15) is 0 Å². The van der Waals surface area contributed by atoms with Crippen molar-refractivity contribution in [1.82, 2.24) is 4.90 Å². The van der Waals surface area contributed by atoms with Crippen molar-refractivity contribution in [1.29, 1.82) is 0 Å². The number of benzene rings is 1. The zero-order valence-corrected chi connectivity index (χ0v) is 16.7. The van der Waals surface area contributed by atoms with E-state index in [-0.39, 0.29) is 12.7 Å². The van der Waals surface area contributed by atoms with E-state index in [0.717, 1.165) is 23.3 Å². The molecule has 1 fully saturated rings. The zero-order valence-electron chi connectivity index (χ0n) is 15.2. The summed E-state index contributed by atoms with van der Waals surface area (Å²) in [6, 6.07) is 7.62. The molecule has 1 aliphatic rings. The molecule has 0 saturated carbocycles. The second-order valence-corrected chi connectivity index (χ2v) is 7.09. The normalized spacial score (nSPS) is 16.3. The highest BCUT2D eigenvalue weighted by molar-refractivity contribution is 9.10. The highest BCUT2D eigenvalue weighted by atomic mass is 79.9. The van der Waals surface area contributed by atoms with E-state index in [1.54, 1.807) is 11.8 Å². The minimum absolute atomic E-state index is 0.249. The first-order valence-corrected chi connectivity index (χ1v) is 9.77.